The van der Waals surface area contributed by atoms with Crippen molar-refractivity contribution < 1.29 is 14.3 Å². The molecule has 0 spiro atoms. The summed E-state index contributed by atoms with van der Waals surface area (Å²) in [6.07, 6.45) is 4.86. The third kappa shape index (κ3) is 5.43. The predicted molar refractivity (Wildman–Crippen MR) is 78.5 cm³/mol. The molecule has 0 fully saturated rings. The van der Waals surface area contributed by atoms with Gasteiger partial charge in [0.05, 0.1) is 7.11 Å². The van der Waals surface area contributed by atoms with Crippen molar-refractivity contribution in [2.75, 3.05) is 7.11 Å². The van der Waals surface area contributed by atoms with Gasteiger partial charge in [0.1, 0.15) is 6.04 Å². The van der Waals surface area contributed by atoms with Gasteiger partial charge >= 0.3 is 5.97 Å². The molecule has 0 saturated carbocycles. The molecule has 0 bridgehead atoms. The van der Waals surface area contributed by atoms with E-state index in [-0.39, 0.29) is 11.9 Å². The zero-order chi connectivity index (χ0) is 14.8. The molecule has 0 heterocycles. The molecule has 1 N–H and O–H groups in total. The summed E-state index contributed by atoms with van der Waals surface area (Å²) in [5.74, 6) is -0.623. The first kappa shape index (κ1) is 16.2. The van der Waals surface area contributed by atoms with Crippen LogP contribution in [0.5, 0.6) is 0 Å². The lowest BCUT2D eigenvalue weighted by Gasteiger charge is -2.16. The molecule has 1 amide bonds. The van der Waals surface area contributed by atoms with Gasteiger partial charge in [-0.2, -0.15) is 0 Å². The Hall–Kier alpha value is -1.84. The lowest BCUT2D eigenvalue weighted by Crippen LogP contribution is -2.41. The number of carbonyl (C=O) groups is 2. The number of ether oxygens (including phenoxy) is 1. The molecule has 1 aromatic carbocycles. The number of hydrogen-bond donors (Lipinski definition) is 1. The van der Waals surface area contributed by atoms with Crippen LogP contribution in [0.3, 0.4) is 0 Å². The Labute approximate surface area is 120 Å². The molecule has 1 atom stereocenters. The molecule has 1 rings (SSSR count). The Morgan fingerprint density at radius 2 is 1.85 bits per heavy atom. The van der Waals surface area contributed by atoms with Gasteiger partial charge in [-0.1, -0.05) is 50.8 Å². The Morgan fingerprint density at radius 3 is 2.45 bits per heavy atom. The number of rotatable bonds is 8. The van der Waals surface area contributed by atoms with Crippen LogP contribution in [-0.4, -0.2) is 25.0 Å². The average Bonchev–Trinajstić information content (AvgIpc) is 2.50. The van der Waals surface area contributed by atoms with Crippen molar-refractivity contribution in [3.8, 4) is 0 Å². The summed E-state index contributed by atoms with van der Waals surface area (Å²) in [6, 6.07) is 8.32. The highest BCUT2D eigenvalue weighted by Crippen LogP contribution is 2.08. The van der Waals surface area contributed by atoms with Gasteiger partial charge in [-0.15, -0.1) is 0 Å². The highest BCUT2D eigenvalue weighted by molar-refractivity contribution is 5.96. The molecule has 4 heteroatoms. The van der Waals surface area contributed by atoms with Crippen LogP contribution in [0.4, 0.5) is 0 Å². The fourth-order valence-corrected chi connectivity index (χ4v) is 2.00. The van der Waals surface area contributed by atoms with E-state index >= 15 is 0 Å². The smallest absolute Gasteiger partial charge is 0.328 e. The molecule has 110 valence electrons. The van der Waals surface area contributed by atoms with Gasteiger partial charge in [-0.05, 0) is 18.6 Å². The van der Waals surface area contributed by atoms with Gasteiger partial charge in [-0.3, -0.25) is 4.79 Å². The van der Waals surface area contributed by atoms with Crippen molar-refractivity contribution in [1.82, 2.24) is 5.32 Å². The second-order valence-electron chi connectivity index (χ2n) is 4.76. The van der Waals surface area contributed by atoms with Crippen LogP contribution in [0.15, 0.2) is 30.3 Å². The van der Waals surface area contributed by atoms with Gasteiger partial charge in [0.15, 0.2) is 0 Å². The van der Waals surface area contributed by atoms with Crippen LogP contribution >= 0.6 is 0 Å². The summed E-state index contributed by atoms with van der Waals surface area (Å²) in [6.45, 7) is 2.13. The van der Waals surface area contributed by atoms with Crippen molar-refractivity contribution in [2.45, 2.75) is 45.1 Å². The number of carbonyl (C=O) groups excluding carboxylic acids is 2. The van der Waals surface area contributed by atoms with Crippen molar-refractivity contribution in [3.63, 3.8) is 0 Å². The fourth-order valence-electron chi connectivity index (χ4n) is 2.00. The minimum atomic E-state index is -0.565. The first-order valence-electron chi connectivity index (χ1n) is 7.12. The van der Waals surface area contributed by atoms with E-state index in [0.717, 1.165) is 25.7 Å². The molecular formula is C16H23NO3. The first-order valence-corrected chi connectivity index (χ1v) is 7.12. The third-order valence-corrected chi connectivity index (χ3v) is 3.17. The monoisotopic (exact) mass is 277 g/mol. The topological polar surface area (TPSA) is 55.4 Å². The van der Waals surface area contributed by atoms with E-state index in [1.54, 1.807) is 24.3 Å². The van der Waals surface area contributed by atoms with Gasteiger partial charge in [0.2, 0.25) is 0 Å². The maximum atomic E-state index is 12.0. The Kier molecular flexibility index (Phi) is 7.40. The van der Waals surface area contributed by atoms with Gasteiger partial charge in [-0.25, -0.2) is 4.79 Å². The molecule has 0 radical (unpaired) electrons. The van der Waals surface area contributed by atoms with E-state index < -0.39 is 6.04 Å². The number of unbranched alkanes of at least 4 members (excludes halogenated alkanes) is 3. The normalized spacial score (nSPS) is 11.7. The minimum absolute atomic E-state index is 0.239. The maximum absolute atomic E-state index is 12.0. The number of methoxy groups -OCH3 is 1. The van der Waals surface area contributed by atoms with E-state index in [4.69, 9.17) is 4.74 Å². The summed E-state index contributed by atoms with van der Waals surface area (Å²) < 4.78 is 4.75. The predicted octanol–water partition coefficient (Wildman–Crippen LogP) is 2.93. The molecule has 4 nitrogen and oxygen atoms in total. The molecule has 0 unspecified atom stereocenters. The highest BCUT2D eigenvalue weighted by Gasteiger charge is 2.21. The van der Waals surface area contributed by atoms with Crippen molar-refractivity contribution >= 4 is 11.9 Å². The van der Waals surface area contributed by atoms with E-state index in [1.807, 2.05) is 6.07 Å². The number of hydrogen-bond acceptors (Lipinski definition) is 3. The number of esters is 1. The van der Waals surface area contributed by atoms with Crippen molar-refractivity contribution in [3.05, 3.63) is 35.9 Å². The standard InChI is InChI=1S/C16H23NO3/c1-3-4-5-9-12-14(16(19)20-2)17-15(18)13-10-7-6-8-11-13/h6-8,10-11,14H,3-5,9,12H2,1-2H3,(H,17,18)/t14-/m1/s1. The van der Waals surface area contributed by atoms with E-state index in [2.05, 4.69) is 12.2 Å². The Balaban J connectivity index is 2.56. The van der Waals surface area contributed by atoms with Crippen LogP contribution in [0, 0.1) is 0 Å². The number of benzene rings is 1. The molecule has 0 saturated heterocycles. The van der Waals surface area contributed by atoms with Crippen LogP contribution < -0.4 is 5.32 Å². The molecule has 0 aliphatic carbocycles. The molecule has 20 heavy (non-hydrogen) atoms. The molecule has 0 aliphatic heterocycles. The number of amides is 1. The van der Waals surface area contributed by atoms with Gasteiger partial charge < -0.3 is 10.1 Å². The largest absolute Gasteiger partial charge is 0.467 e. The molecule has 0 aliphatic rings. The Morgan fingerprint density at radius 1 is 1.15 bits per heavy atom. The maximum Gasteiger partial charge on any atom is 0.328 e. The molecule has 1 aromatic rings. The van der Waals surface area contributed by atoms with Gasteiger partial charge in [0.25, 0.3) is 5.91 Å². The second-order valence-corrected chi connectivity index (χ2v) is 4.76. The zero-order valence-corrected chi connectivity index (χ0v) is 12.2. The SMILES string of the molecule is CCCCCC[C@@H](NC(=O)c1ccccc1)C(=O)OC. The fraction of sp³-hybridized carbons (Fsp3) is 0.500. The number of nitrogens with one attached hydrogen (secondary N) is 1. The lowest BCUT2D eigenvalue weighted by atomic mass is 10.1. The first-order chi connectivity index (χ1) is 9.69. The highest BCUT2D eigenvalue weighted by atomic mass is 16.5. The third-order valence-electron chi connectivity index (χ3n) is 3.17. The van der Waals surface area contributed by atoms with Crippen molar-refractivity contribution in [2.24, 2.45) is 0 Å². The van der Waals surface area contributed by atoms with Gasteiger partial charge in [0, 0.05) is 5.56 Å². The molecule has 0 aromatic heterocycles. The lowest BCUT2D eigenvalue weighted by molar-refractivity contribution is -0.143. The van der Waals surface area contributed by atoms with Crippen LogP contribution in [-0.2, 0) is 9.53 Å². The quantitative estimate of drug-likeness (QED) is 0.587. The summed E-state index contributed by atoms with van der Waals surface area (Å²) in [7, 11) is 1.34. The summed E-state index contributed by atoms with van der Waals surface area (Å²) in [4.78, 5) is 23.8. The van der Waals surface area contributed by atoms with Crippen LogP contribution in [0.25, 0.3) is 0 Å². The van der Waals surface area contributed by atoms with Crippen LogP contribution in [0.1, 0.15) is 49.4 Å². The van der Waals surface area contributed by atoms with Crippen molar-refractivity contribution in [1.29, 1.82) is 0 Å². The minimum Gasteiger partial charge on any atom is -0.467 e. The molecular weight excluding hydrogens is 254 g/mol. The van der Waals surface area contributed by atoms with E-state index in [0.29, 0.717) is 12.0 Å². The van der Waals surface area contributed by atoms with E-state index in [9.17, 15) is 9.59 Å². The van der Waals surface area contributed by atoms with Crippen LogP contribution in [0.2, 0.25) is 0 Å². The summed E-state index contributed by atoms with van der Waals surface area (Å²) in [5, 5.41) is 2.75. The summed E-state index contributed by atoms with van der Waals surface area (Å²) in [5.41, 5.74) is 0.551. The summed E-state index contributed by atoms with van der Waals surface area (Å²) >= 11 is 0. The average molecular weight is 277 g/mol. The Bertz CT molecular complexity index is 417. The second kappa shape index (κ2) is 9.13. The van der Waals surface area contributed by atoms with E-state index in [1.165, 1.54) is 7.11 Å². The zero-order valence-electron chi connectivity index (χ0n) is 12.2.